The van der Waals surface area contributed by atoms with Gasteiger partial charge < -0.3 is 25.0 Å². The summed E-state index contributed by atoms with van der Waals surface area (Å²) in [5.74, 6) is 0.924. The lowest BCUT2D eigenvalue weighted by Gasteiger charge is -2.32. The molecule has 1 saturated heterocycles. The monoisotopic (exact) mass is 324 g/mol. The van der Waals surface area contributed by atoms with Gasteiger partial charge in [0.05, 0.1) is 19.8 Å². The van der Waals surface area contributed by atoms with Gasteiger partial charge in [0.25, 0.3) is 0 Å². The first-order valence-corrected chi connectivity index (χ1v) is 8.76. The third kappa shape index (κ3) is 6.89. The van der Waals surface area contributed by atoms with Crippen LogP contribution in [-0.4, -0.2) is 77.1 Å². The third-order valence-corrected chi connectivity index (χ3v) is 4.56. The molecule has 0 unspecified atom stereocenters. The lowest BCUT2D eigenvalue weighted by Crippen LogP contribution is -2.49. The van der Waals surface area contributed by atoms with E-state index in [1.165, 1.54) is 5.57 Å². The Morgan fingerprint density at radius 1 is 1.43 bits per heavy atom. The van der Waals surface area contributed by atoms with E-state index in [0.29, 0.717) is 6.04 Å². The molecule has 2 heterocycles. The Morgan fingerprint density at radius 2 is 2.26 bits per heavy atom. The van der Waals surface area contributed by atoms with Gasteiger partial charge >= 0.3 is 0 Å². The summed E-state index contributed by atoms with van der Waals surface area (Å²) in [6.45, 7) is 6.68. The van der Waals surface area contributed by atoms with Gasteiger partial charge in [-0.1, -0.05) is 11.6 Å². The van der Waals surface area contributed by atoms with Crippen LogP contribution in [0.5, 0.6) is 0 Å². The Bertz CT molecular complexity index is 390. The number of hydrogen-bond acceptors (Lipinski definition) is 4. The Hall–Kier alpha value is -1.11. The van der Waals surface area contributed by atoms with Crippen molar-refractivity contribution >= 4 is 5.96 Å². The van der Waals surface area contributed by atoms with E-state index in [9.17, 15) is 0 Å². The van der Waals surface area contributed by atoms with Crippen LogP contribution in [0, 0.1) is 0 Å². The first kappa shape index (κ1) is 18.2. The molecule has 1 fully saturated rings. The van der Waals surface area contributed by atoms with Crippen LogP contribution < -0.4 is 10.6 Å². The number of hydrogen-bond donors (Lipinski definition) is 2. The number of ether oxygens (including phenoxy) is 2. The smallest absolute Gasteiger partial charge is 0.191 e. The Kier molecular flexibility index (Phi) is 8.42. The predicted molar refractivity (Wildman–Crippen MR) is 94.0 cm³/mol. The van der Waals surface area contributed by atoms with Gasteiger partial charge in [0.15, 0.2) is 5.96 Å². The van der Waals surface area contributed by atoms with Crippen LogP contribution in [0.1, 0.15) is 25.7 Å². The van der Waals surface area contributed by atoms with Gasteiger partial charge in [0.2, 0.25) is 0 Å². The largest absolute Gasteiger partial charge is 0.383 e. The van der Waals surface area contributed by atoms with E-state index >= 15 is 0 Å². The van der Waals surface area contributed by atoms with Crippen LogP contribution in [0.2, 0.25) is 0 Å². The van der Waals surface area contributed by atoms with Crippen molar-refractivity contribution < 1.29 is 9.47 Å². The van der Waals surface area contributed by atoms with Crippen molar-refractivity contribution in [2.45, 2.75) is 31.7 Å². The number of likely N-dealkylation sites (tertiary alicyclic amines) is 1. The predicted octanol–water partition coefficient (Wildman–Crippen LogP) is 0.999. The summed E-state index contributed by atoms with van der Waals surface area (Å²) >= 11 is 0. The highest BCUT2D eigenvalue weighted by Gasteiger charge is 2.19. The number of aliphatic imine (C=N–C) groups is 1. The summed E-state index contributed by atoms with van der Waals surface area (Å²) in [6.07, 6.45) is 6.66. The summed E-state index contributed by atoms with van der Waals surface area (Å²) in [4.78, 5) is 6.82. The van der Waals surface area contributed by atoms with Crippen molar-refractivity contribution in [1.82, 2.24) is 15.5 Å². The van der Waals surface area contributed by atoms with E-state index in [1.807, 2.05) is 7.05 Å². The quantitative estimate of drug-likeness (QED) is 0.416. The van der Waals surface area contributed by atoms with Crippen molar-refractivity contribution in [1.29, 1.82) is 0 Å². The molecular formula is C17H32N4O2. The van der Waals surface area contributed by atoms with Crippen molar-refractivity contribution in [2.75, 3.05) is 60.2 Å². The van der Waals surface area contributed by atoms with Crippen LogP contribution >= 0.6 is 0 Å². The molecule has 0 aromatic rings. The molecule has 2 rings (SSSR count). The normalized spacial score (nSPS) is 21.1. The maximum Gasteiger partial charge on any atom is 0.191 e. The molecule has 0 aromatic heterocycles. The minimum Gasteiger partial charge on any atom is -0.383 e. The number of nitrogens with zero attached hydrogens (tertiary/aromatic N) is 2. The first-order chi connectivity index (χ1) is 11.3. The zero-order valence-corrected chi connectivity index (χ0v) is 14.6. The number of piperidine rings is 1. The molecule has 0 spiro atoms. The van der Waals surface area contributed by atoms with Crippen molar-refractivity contribution in [3.05, 3.63) is 11.6 Å². The molecule has 0 atom stereocenters. The van der Waals surface area contributed by atoms with Crippen LogP contribution in [-0.2, 0) is 9.47 Å². The molecule has 2 N–H and O–H groups in total. The Balaban J connectivity index is 1.62. The third-order valence-electron chi connectivity index (χ3n) is 4.56. The molecule has 6 heteroatoms. The molecule has 0 bridgehead atoms. The van der Waals surface area contributed by atoms with Gasteiger partial charge in [-0.3, -0.25) is 4.99 Å². The molecule has 2 aliphatic heterocycles. The molecule has 0 radical (unpaired) electrons. The average molecular weight is 324 g/mol. The van der Waals surface area contributed by atoms with Crippen molar-refractivity contribution in [3.8, 4) is 0 Å². The summed E-state index contributed by atoms with van der Waals surface area (Å²) in [5.41, 5.74) is 1.49. The molecule has 6 nitrogen and oxygen atoms in total. The molecule has 132 valence electrons. The van der Waals surface area contributed by atoms with E-state index in [0.717, 1.165) is 77.6 Å². The summed E-state index contributed by atoms with van der Waals surface area (Å²) < 4.78 is 10.5. The second kappa shape index (κ2) is 10.6. The fourth-order valence-electron chi connectivity index (χ4n) is 3.04. The lowest BCUT2D eigenvalue weighted by molar-refractivity contribution is 0.128. The SMILES string of the molecule is CN=C(NCCC1=CCOCC1)NC1CCN(CCOC)CC1. The van der Waals surface area contributed by atoms with Gasteiger partial charge in [-0.2, -0.15) is 0 Å². The van der Waals surface area contributed by atoms with Gasteiger partial charge in [-0.05, 0) is 25.7 Å². The highest BCUT2D eigenvalue weighted by Crippen LogP contribution is 2.11. The highest BCUT2D eigenvalue weighted by molar-refractivity contribution is 5.79. The second-order valence-corrected chi connectivity index (χ2v) is 6.19. The Labute approximate surface area is 140 Å². The van der Waals surface area contributed by atoms with Gasteiger partial charge in [-0.25, -0.2) is 0 Å². The van der Waals surface area contributed by atoms with E-state index < -0.39 is 0 Å². The molecule has 0 amide bonds. The molecule has 23 heavy (non-hydrogen) atoms. The summed E-state index contributed by atoms with van der Waals surface area (Å²) in [7, 11) is 3.61. The van der Waals surface area contributed by atoms with Gasteiger partial charge in [0, 0.05) is 46.4 Å². The number of nitrogens with one attached hydrogen (secondary N) is 2. The average Bonchev–Trinajstić information content (AvgIpc) is 2.61. The molecular weight excluding hydrogens is 292 g/mol. The van der Waals surface area contributed by atoms with Crippen molar-refractivity contribution in [3.63, 3.8) is 0 Å². The summed E-state index contributed by atoms with van der Waals surface area (Å²) in [6, 6.07) is 0.516. The zero-order chi connectivity index (χ0) is 16.3. The second-order valence-electron chi connectivity index (χ2n) is 6.19. The van der Waals surface area contributed by atoms with Crippen LogP contribution in [0.25, 0.3) is 0 Å². The highest BCUT2D eigenvalue weighted by atomic mass is 16.5. The fraction of sp³-hybridized carbons (Fsp3) is 0.824. The molecule has 2 aliphatic rings. The topological polar surface area (TPSA) is 58.1 Å². The van der Waals surface area contributed by atoms with E-state index in [-0.39, 0.29) is 0 Å². The number of methoxy groups -OCH3 is 1. The van der Waals surface area contributed by atoms with E-state index in [1.54, 1.807) is 7.11 Å². The van der Waals surface area contributed by atoms with Crippen LogP contribution in [0.4, 0.5) is 0 Å². The maximum atomic E-state index is 5.34. The van der Waals surface area contributed by atoms with E-state index in [4.69, 9.17) is 9.47 Å². The minimum atomic E-state index is 0.516. The number of guanidine groups is 1. The minimum absolute atomic E-state index is 0.516. The zero-order valence-electron chi connectivity index (χ0n) is 14.6. The van der Waals surface area contributed by atoms with Crippen LogP contribution in [0.15, 0.2) is 16.6 Å². The number of rotatable bonds is 7. The van der Waals surface area contributed by atoms with Crippen molar-refractivity contribution in [2.24, 2.45) is 4.99 Å². The van der Waals surface area contributed by atoms with Gasteiger partial charge in [-0.15, -0.1) is 0 Å². The molecule has 0 aliphatic carbocycles. The Morgan fingerprint density at radius 3 is 2.91 bits per heavy atom. The van der Waals surface area contributed by atoms with E-state index in [2.05, 4.69) is 26.6 Å². The first-order valence-electron chi connectivity index (χ1n) is 8.76. The standard InChI is InChI=1S/C17H32N4O2/c1-18-17(19-8-3-15-6-12-23-13-7-15)20-16-4-9-21(10-5-16)11-14-22-2/h6,16H,3-5,7-14H2,1-2H3,(H2,18,19,20). The fourth-order valence-corrected chi connectivity index (χ4v) is 3.04. The molecule has 0 saturated carbocycles. The lowest BCUT2D eigenvalue weighted by atomic mass is 10.1. The molecule has 0 aromatic carbocycles. The summed E-state index contributed by atoms with van der Waals surface area (Å²) in [5, 5.41) is 6.99. The van der Waals surface area contributed by atoms with Gasteiger partial charge in [0.1, 0.15) is 0 Å². The maximum absolute atomic E-state index is 5.34. The van der Waals surface area contributed by atoms with Crippen LogP contribution in [0.3, 0.4) is 0 Å².